The van der Waals surface area contributed by atoms with Gasteiger partial charge in [0.05, 0.1) is 5.60 Å². The van der Waals surface area contributed by atoms with Gasteiger partial charge in [0, 0.05) is 24.4 Å². The van der Waals surface area contributed by atoms with Crippen molar-refractivity contribution in [2.45, 2.75) is 31.0 Å². The highest BCUT2D eigenvalue weighted by molar-refractivity contribution is 5.32. The van der Waals surface area contributed by atoms with Gasteiger partial charge in [-0.3, -0.25) is 4.90 Å². The van der Waals surface area contributed by atoms with Gasteiger partial charge in [-0.1, -0.05) is 79.7 Å². The fourth-order valence-corrected chi connectivity index (χ4v) is 4.75. The monoisotopic (exact) mass is 375 g/mol. The zero-order valence-electron chi connectivity index (χ0n) is 16.3. The van der Waals surface area contributed by atoms with Gasteiger partial charge in [-0.25, -0.2) is 4.39 Å². The number of hydrogen-bond acceptors (Lipinski definition) is 2. The molecule has 0 aliphatic carbocycles. The van der Waals surface area contributed by atoms with E-state index >= 15 is 0 Å². The molecule has 3 aromatic carbocycles. The number of aliphatic hydroxyl groups is 1. The Morgan fingerprint density at radius 1 is 0.857 bits per heavy atom. The fourth-order valence-electron chi connectivity index (χ4n) is 4.75. The van der Waals surface area contributed by atoms with E-state index in [2.05, 4.69) is 43.1 Å². The normalized spacial score (nSPS) is 28.2. The molecule has 4 atom stereocenters. The lowest BCUT2D eigenvalue weighted by atomic mass is 9.68. The number of hydrogen-bond donors (Lipinski definition) is 1. The average Bonchev–Trinajstić information content (AvgIpc) is 2.73. The third-order valence-corrected chi connectivity index (χ3v) is 6.33. The molecule has 0 radical (unpaired) electrons. The number of nitrogens with zero attached hydrogens (tertiary/aromatic N) is 1. The van der Waals surface area contributed by atoms with Gasteiger partial charge < -0.3 is 5.11 Å². The average molecular weight is 375 g/mol. The van der Waals surface area contributed by atoms with Crippen molar-refractivity contribution < 1.29 is 9.50 Å². The van der Waals surface area contributed by atoms with Gasteiger partial charge >= 0.3 is 0 Å². The summed E-state index contributed by atoms with van der Waals surface area (Å²) < 4.78 is 13.5. The summed E-state index contributed by atoms with van der Waals surface area (Å²) in [5.74, 6) is -0.350. The fraction of sp³-hybridized carbons (Fsp3) is 0.280. The van der Waals surface area contributed by atoms with Crippen LogP contribution in [0.5, 0.6) is 0 Å². The molecule has 1 heterocycles. The second-order valence-electron chi connectivity index (χ2n) is 7.87. The number of rotatable bonds is 3. The van der Waals surface area contributed by atoms with Gasteiger partial charge in [0.2, 0.25) is 0 Å². The Kier molecular flexibility index (Phi) is 5.05. The van der Waals surface area contributed by atoms with Gasteiger partial charge in [-0.15, -0.1) is 0 Å². The first kappa shape index (κ1) is 18.9. The number of likely N-dealkylation sites (tertiary alicyclic amines) is 1. The Morgan fingerprint density at radius 3 is 1.96 bits per heavy atom. The highest BCUT2D eigenvalue weighted by atomic mass is 19.1. The van der Waals surface area contributed by atoms with Gasteiger partial charge in [-0.05, 0) is 35.9 Å². The van der Waals surface area contributed by atoms with E-state index in [9.17, 15) is 9.50 Å². The Morgan fingerprint density at radius 2 is 1.39 bits per heavy atom. The van der Waals surface area contributed by atoms with Crippen molar-refractivity contribution in [2.24, 2.45) is 5.92 Å². The highest BCUT2D eigenvalue weighted by Crippen LogP contribution is 2.52. The zero-order chi connectivity index (χ0) is 19.7. The number of benzene rings is 3. The molecule has 3 aromatic rings. The Bertz CT molecular complexity index is 912. The molecule has 0 spiro atoms. The molecule has 1 fully saturated rings. The predicted octanol–water partition coefficient (Wildman–Crippen LogP) is 5.47. The van der Waals surface area contributed by atoms with Crippen LogP contribution in [0.15, 0.2) is 84.9 Å². The predicted molar refractivity (Wildman–Crippen MR) is 110 cm³/mol. The van der Waals surface area contributed by atoms with Crippen LogP contribution in [0.25, 0.3) is 0 Å². The number of halogens is 1. The largest absolute Gasteiger partial charge is 0.385 e. The first-order valence-electron chi connectivity index (χ1n) is 9.81. The van der Waals surface area contributed by atoms with E-state index in [1.54, 1.807) is 12.1 Å². The quantitative estimate of drug-likeness (QED) is 0.656. The van der Waals surface area contributed by atoms with Crippen molar-refractivity contribution in [3.63, 3.8) is 0 Å². The molecule has 0 amide bonds. The van der Waals surface area contributed by atoms with E-state index in [1.165, 1.54) is 23.3 Å². The molecule has 1 aliphatic rings. The molecule has 1 saturated heterocycles. The lowest BCUT2D eigenvalue weighted by Crippen LogP contribution is -2.50. The first-order chi connectivity index (χ1) is 13.5. The second kappa shape index (κ2) is 7.50. The van der Waals surface area contributed by atoms with Crippen LogP contribution in [0, 0.1) is 11.7 Å². The summed E-state index contributed by atoms with van der Waals surface area (Å²) in [6, 6.07) is 27.1. The zero-order valence-corrected chi connectivity index (χ0v) is 16.3. The van der Waals surface area contributed by atoms with Crippen molar-refractivity contribution in [1.29, 1.82) is 0 Å². The third kappa shape index (κ3) is 3.25. The van der Waals surface area contributed by atoms with Gasteiger partial charge in [0.15, 0.2) is 0 Å². The molecule has 4 rings (SSSR count). The molecule has 28 heavy (non-hydrogen) atoms. The minimum atomic E-state index is -1.05. The van der Waals surface area contributed by atoms with Gasteiger partial charge in [0.25, 0.3) is 0 Å². The Hall–Kier alpha value is -2.49. The van der Waals surface area contributed by atoms with Crippen LogP contribution in [-0.2, 0) is 5.60 Å². The molecular formula is C25H26FNO. The summed E-state index contributed by atoms with van der Waals surface area (Å²) in [5, 5.41) is 11.9. The van der Waals surface area contributed by atoms with Crippen LogP contribution in [0.4, 0.5) is 4.39 Å². The van der Waals surface area contributed by atoms with Crippen molar-refractivity contribution in [1.82, 2.24) is 4.90 Å². The lowest BCUT2D eigenvalue weighted by molar-refractivity contribution is -0.120. The van der Waals surface area contributed by atoms with E-state index in [1.807, 2.05) is 36.4 Å². The minimum Gasteiger partial charge on any atom is -0.385 e. The molecule has 0 unspecified atom stereocenters. The SMILES string of the molecule is C[C@H]1[C@@H](c2ccccc2)N(C)[C@@H](c2ccccc2)C[C@@]1(O)c1ccc(F)cc1. The summed E-state index contributed by atoms with van der Waals surface area (Å²) in [6.45, 7) is 2.10. The molecule has 2 nitrogen and oxygen atoms in total. The molecular weight excluding hydrogens is 349 g/mol. The van der Waals surface area contributed by atoms with Gasteiger partial charge in [0.1, 0.15) is 5.82 Å². The lowest BCUT2D eigenvalue weighted by Gasteiger charge is -2.52. The maximum absolute atomic E-state index is 13.5. The standard InChI is InChI=1S/C25H26FNO/c1-18-24(20-11-7-4-8-12-20)27(2)23(19-9-5-3-6-10-19)17-25(18,28)21-13-15-22(26)16-14-21/h3-16,18,23-24,28H,17H2,1-2H3/t18-,23+,24-,25-/m0/s1. The van der Waals surface area contributed by atoms with Crippen molar-refractivity contribution in [3.05, 3.63) is 107 Å². The van der Waals surface area contributed by atoms with E-state index in [0.717, 1.165) is 5.56 Å². The highest BCUT2D eigenvalue weighted by Gasteiger charge is 2.49. The summed E-state index contributed by atoms with van der Waals surface area (Å²) in [6.07, 6.45) is 0.559. The Labute approximate surface area is 166 Å². The summed E-state index contributed by atoms with van der Waals surface area (Å²) in [7, 11) is 2.13. The van der Waals surface area contributed by atoms with Crippen LogP contribution in [0.1, 0.15) is 42.1 Å². The molecule has 1 N–H and O–H groups in total. The van der Waals surface area contributed by atoms with E-state index in [-0.39, 0.29) is 23.8 Å². The van der Waals surface area contributed by atoms with Crippen molar-refractivity contribution >= 4 is 0 Å². The molecule has 144 valence electrons. The van der Waals surface area contributed by atoms with Crippen LogP contribution in [0.3, 0.4) is 0 Å². The molecule has 3 heteroatoms. The molecule has 1 aliphatic heterocycles. The van der Waals surface area contributed by atoms with Crippen LogP contribution in [0.2, 0.25) is 0 Å². The summed E-state index contributed by atoms with van der Waals surface area (Å²) >= 11 is 0. The maximum atomic E-state index is 13.5. The van der Waals surface area contributed by atoms with E-state index < -0.39 is 5.60 Å². The summed E-state index contributed by atoms with van der Waals surface area (Å²) in [4.78, 5) is 2.37. The van der Waals surface area contributed by atoms with E-state index in [4.69, 9.17) is 0 Å². The van der Waals surface area contributed by atoms with Crippen LogP contribution in [-0.4, -0.2) is 17.1 Å². The number of piperidine rings is 1. The Balaban J connectivity index is 1.83. The summed E-state index contributed by atoms with van der Waals surface area (Å²) in [5.41, 5.74) is 2.08. The maximum Gasteiger partial charge on any atom is 0.123 e. The van der Waals surface area contributed by atoms with Crippen molar-refractivity contribution in [3.8, 4) is 0 Å². The topological polar surface area (TPSA) is 23.5 Å². The molecule has 0 aromatic heterocycles. The first-order valence-corrected chi connectivity index (χ1v) is 9.81. The van der Waals surface area contributed by atoms with Crippen molar-refractivity contribution in [2.75, 3.05) is 7.05 Å². The smallest absolute Gasteiger partial charge is 0.123 e. The van der Waals surface area contributed by atoms with E-state index in [0.29, 0.717) is 6.42 Å². The second-order valence-corrected chi connectivity index (χ2v) is 7.87. The van der Waals surface area contributed by atoms with Crippen LogP contribution >= 0.6 is 0 Å². The van der Waals surface area contributed by atoms with Gasteiger partial charge in [-0.2, -0.15) is 0 Å². The van der Waals surface area contributed by atoms with Crippen LogP contribution < -0.4 is 0 Å². The third-order valence-electron chi connectivity index (χ3n) is 6.33. The minimum absolute atomic E-state index is 0.0372. The molecule has 0 saturated carbocycles. The molecule has 0 bridgehead atoms.